The van der Waals surface area contributed by atoms with Gasteiger partial charge in [-0.05, 0) is 43.0 Å². The van der Waals surface area contributed by atoms with Crippen LogP contribution in [-0.2, 0) is 6.54 Å². The summed E-state index contributed by atoms with van der Waals surface area (Å²) >= 11 is 0. The van der Waals surface area contributed by atoms with Crippen molar-refractivity contribution in [3.8, 4) is 11.6 Å². The lowest BCUT2D eigenvalue weighted by Gasteiger charge is -2.26. The third-order valence-corrected chi connectivity index (χ3v) is 6.11. The molecular weight excluding hydrogens is 412 g/mol. The Morgan fingerprint density at radius 1 is 1.15 bits per heavy atom. The van der Waals surface area contributed by atoms with E-state index in [4.69, 9.17) is 19.5 Å². The van der Waals surface area contributed by atoms with Gasteiger partial charge in [-0.1, -0.05) is 49.8 Å². The minimum atomic E-state index is 0.302. The number of hydrogen-bond donors (Lipinski definition) is 1. The molecule has 0 amide bonds. The Bertz CT molecular complexity index is 1230. The lowest BCUT2D eigenvalue weighted by Crippen LogP contribution is -2.28. The van der Waals surface area contributed by atoms with Gasteiger partial charge >= 0.3 is 0 Å². The third-order valence-electron chi connectivity index (χ3n) is 6.11. The highest BCUT2D eigenvalue weighted by Crippen LogP contribution is 2.25. The normalized spacial score (nSPS) is 15.5. The topological polar surface area (TPSA) is 71.5 Å². The van der Waals surface area contributed by atoms with E-state index in [1.807, 2.05) is 22.8 Å². The molecule has 0 bridgehead atoms. The van der Waals surface area contributed by atoms with Crippen molar-refractivity contribution >= 4 is 17.2 Å². The molecule has 1 N–H and O–H groups in total. The van der Waals surface area contributed by atoms with Gasteiger partial charge in [0.15, 0.2) is 11.4 Å². The summed E-state index contributed by atoms with van der Waals surface area (Å²) in [6.07, 6.45) is 9.13. The van der Waals surface area contributed by atoms with E-state index in [0.29, 0.717) is 23.6 Å². The van der Waals surface area contributed by atoms with Crippen molar-refractivity contribution in [1.29, 1.82) is 0 Å². The van der Waals surface area contributed by atoms with Gasteiger partial charge in [0.25, 0.3) is 0 Å². The zero-order valence-electron chi connectivity index (χ0n) is 19.2. The summed E-state index contributed by atoms with van der Waals surface area (Å²) in [4.78, 5) is 12.0. The summed E-state index contributed by atoms with van der Waals surface area (Å²) in [6, 6.07) is 14.7. The monoisotopic (exact) mass is 442 g/mol. The first kappa shape index (κ1) is 21.4. The fraction of sp³-hybridized carbons (Fsp3) is 0.346. The van der Waals surface area contributed by atoms with Crippen LogP contribution in [0, 0.1) is 0 Å². The molecule has 0 spiro atoms. The summed E-state index contributed by atoms with van der Waals surface area (Å²) in [7, 11) is 0. The largest absolute Gasteiger partial charge is 0.461 e. The molecule has 4 heterocycles. The van der Waals surface area contributed by atoms with E-state index in [-0.39, 0.29) is 0 Å². The van der Waals surface area contributed by atoms with E-state index in [9.17, 15) is 0 Å². The maximum absolute atomic E-state index is 5.55. The predicted octanol–water partition coefficient (Wildman–Crippen LogP) is 5.27. The summed E-state index contributed by atoms with van der Waals surface area (Å²) < 4.78 is 7.38. The number of nitrogens with one attached hydrogen (secondary N) is 1. The van der Waals surface area contributed by atoms with E-state index < -0.39 is 0 Å². The SMILES string of the molecule is CCCC(C)Nc1ncc(CN2CC=C(c3ccccc3)CC2)c2nc(-c3ccco3)nn12. The highest BCUT2D eigenvalue weighted by Gasteiger charge is 2.20. The first-order valence-electron chi connectivity index (χ1n) is 11.7. The molecule has 0 saturated heterocycles. The molecule has 1 aromatic carbocycles. The molecule has 0 saturated carbocycles. The number of aromatic nitrogens is 4. The maximum Gasteiger partial charge on any atom is 0.226 e. The number of fused-ring (bicyclic) bond motifs is 1. The molecule has 1 unspecified atom stereocenters. The Kier molecular flexibility index (Phi) is 6.21. The van der Waals surface area contributed by atoms with Crippen LogP contribution in [0.4, 0.5) is 5.95 Å². The summed E-state index contributed by atoms with van der Waals surface area (Å²) in [5.41, 5.74) is 4.62. The molecule has 0 aliphatic carbocycles. The van der Waals surface area contributed by atoms with Gasteiger partial charge in [0.1, 0.15) is 0 Å². The second-order valence-electron chi connectivity index (χ2n) is 8.67. The van der Waals surface area contributed by atoms with Crippen molar-refractivity contribution in [2.75, 3.05) is 18.4 Å². The van der Waals surface area contributed by atoms with Crippen LogP contribution in [0.5, 0.6) is 0 Å². The van der Waals surface area contributed by atoms with Crippen LogP contribution in [0.3, 0.4) is 0 Å². The molecule has 5 rings (SSSR count). The van der Waals surface area contributed by atoms with Crippen molar-refractivity contribution in [2.24, 2.45) is 0 Å². The summed E-state index contributed by atoms with van der Waals surface area (Å²) in [6.45, 7) is 7.03. The summed E-state index contributed by atoms with van der Waals surface area (Å²) in [5.74, 6) is 1.95. The Labute approximate surface area is 194 Å². The number of furan rings is 1. The molecule has 1 aliphatic heterocycles. The fourth-order valence-electron chi connectivity index (χ4n) is 4.37. The van der Waals surface area contributed by atoms with Crippen LogP contribution in [0.2, 0.25) is 0 Å². The van der Waals surface area contributed by atoms with Crippen molar-refractivity contribution in [3.63, 3.8) is 0 Å². The van der Waals surface area contributed by atoms with Crippen molar-refractivity contribution < 1.29 is 4.42 Å². The second-order valence-corrected chi connectivity index (χ2v) is 8.67. The van der Waals surface area contributed by atoms with Crippen LogP contribution < -0.4 is 5.32 Å². The standard InChI is InChI=1S/C26H30N6O/c1-3-8-19(2)28-26-27-17-22(25-29-24(30-32(25)26)23-11-7-16-33-23)18-31-14-12-21(13-15-31)20-9-5-4-6-10-20/h4-7,9-12,16-17,19H,3,8,13-15,18H2,1-2H3,(H,27,28). The quantitative estimate of drug-likeness (QED) is 0.401. The number of benzene rings is 1. The number of rotatable bonds is 8. The van der Waals surface area contributed by atoms with Crippen LogP contribution in [-0.4, -0.2) is 43.6 Å². The Morgan fingerprint density at radius 2 is 2.03 bits per heavy atom. The maximum atomic E-state index is 5.55. The van der Waals surface area contributed by atoms with Gasteiger partial charge in [-0.15, -0.1) is 5.10 Å². The van der Waals surface area contributed by atoms with Gasteiger partial charge in [0, 0.05) is 37.4 Å². The van der Waals surface area contributed by atoms with Gasteiger partial charge < -0.3 is 9.73 Å². The smallest absolute Gasteiger partial charge is 0.226 e. The average molecular weight is 443 g/mol. The van der Waals surface area contributed by atoms with Crippen LogP contribution in [0.1, 0.15) is 44.2 Å². The second kappa shape index (κ2) is 9.58. The highest BCUT2D eigenvalue weighted by molar-refractivity contribution is 5.66. The van der Waals surface area contributed by atoms with Gasteiger partial charge in [0.05, 0.1) is 6.26 Å². The van der Waals surface area contributed by atoms with Gasteiger partial charge in [-0.25, -0.2) is 9.97 Å². The molecule has 7 nitrogen and oxygen atoms in total. The Hall–Kier alpha value is -3.45. The molecule has 1 atom stereocenters. The van der Waals surface area contributed by atoms with Crippen molar-refractivity contribution in [1.82, 2.24) is 24.5 Å². The van der Waals surface area contributed by atoms with E-state index >= 15 is 0 Å². The number of nitrogens with zero attached hydrogens (tertiary/aromatic N) is 5. The lowest BCUT2D eigenvalue weighted by atomic mass is 9.99. The zero-order valence-corrected chi connectivity index (χ0v) is 19.2. The first-order chi connectivity index (χ1) is 16.2. The van der Waals surface area contributed by atoms with Crippen LogP contribution in [0.15, 0.2) is 65.4 Å². The van der Waals surface area contributed by atoms with E-state index in [1.165, 1.54) is 11.1 Å². The summed E-state index contributed by atoms with van der Waals surface area (Å²) in [5, 5.41) is 8.23. The lowest BCUT2D eigenvalue weighted by molar-refractivity contribution is 0.294. The van der Waals surface area contributed by atoms with Crippen LogP contribution in [0.25, 0.3) is 22.8 Å². The van der Waals surface area contributed by atoms with Crippen molar-refractivity contribution in [2.45, 2.75) is 45.7 Å². The van der Waals surface area contributed by atoms with E-state index in [1.54, 1.807) is 6.26 Å². The Morgan fingerprint density at radius 3 is 2.76 bits per heavy atom. The molecule has 33 heavy (non-hydrogen) atoms. The molecule has 170 valence electrons. The average Bonchev–Trinajstić information content (AvgIpc) is 3.52. The minimum absolute atomic E-state index is 0.302. The fourth-order valence-corrected chi connectivity index (χ4v) is 4.37. The van der Waals surface area contributed by atoms with Crippen LogP contribution >= 0.6 is 0 Å². The van der Waals surface area contributed by atoms with Gasteiger partial charge in [0.2, 0.25) is 11.8 Å². The van der Waals surface area contributed by atoms with Crippen molar-refractivity contribution in [3.05, 3.63) is 72.1 Å². The van der Waals surface area contributed by atoms with E-state index in [2.05, 4.69) is 60.5 Å². The van der Waals surface area contributed by atoms with Gasteiger partial charge in [-0.2, -0.15) is 4.52 Å². The molecule has 4 aromatic rings. The zero-order chi connectivity index (χ0) is 22.6. The molecule has 0 fully saturated rings. The minimum Gasteiger partial charge on any atom is -0.461 e. The highest BCUT2D eigenvalue weighted by atomic mass is 16.3. The van der Waals surface area contributed by atoms with Gasteiger partial charge in [-0.3, -0.25) is 4.90 Å². The number of anilines is 1. The predicted molar refractivity (Wildman–Crippen MR) is 131 cm³/mol. The molecule has 0 radical (unpaired) electrons. The third kappa shape index (κ3) is 4.68. The molecular formula is C26H30N6O. The first-order valence-corrected chi connectivity index (χ1v) is 11.7. The Balaban J connectivity index is 1.41. The number of hydrogen-bond acceptors (Lipinski definition) is 6. The molecule has 7 heteroatoms. The molecule has 1 aliphatic rings. The van der Waals surface area contributed by atoms with E-state index in [0.717, 1.165) is 50.1 Å². The molecule has 3 aromatic heterocycles.